The van der Waals surface area contributed by atoms with Crippen molar-refractivity contribution in [3.8, 4) is 17.2 Å². The SMILES string of the molecule is C[C@@]12CCCCC[C@@H](Cc3c(F)cc(O)cc31)[C@@H]2N.C[C@@]12CCCCC[C@@H](Cc3c(F)cc(OC(=O)CCCCCCCCC(=O)Oc4cc(F)c5c(c4)[C@@]4(C)CCCCC[C@@H](C5)[C@@H]4N)cc31)[C@@H]2N. The summed E-state index contributed by atoms with van der Waals surface area (Å²) < 4.78 is 56.1. The van der Waals surface area contributed by atoms with Gasteiger partial charge < -0.3 is 31.8 Å². The van der Waals surface area contributed by atoms with Gasteiger partial charge in [0.2, 0.25) is 0 Å². The van der Waals surface area contributed by atoms with Gasteiger partial charge in [-0.05, 0) is 140 Å². The molecule has 8 nitrogen and oxygen atoms in total. The highest BCUT2D eigenvalue weighted by molar-refractivity contribution is 5.73. The third kappa shape index (κ3) is 11.0. The number of carbonyl (C=O) groups is 2. The Kier molecular flexibility index (Phi) is 16.3. The number of hydrogen-bond donors (Lipinski definition) is 4. The Morgan fingerprint density at radius 3 is 1.22 bits per heavy atom. The van der Waals surface area contributed by atoms with Crippen LogP contribution in [0, 0.1) is 35.2 Å². The number of fused-ring (bicyclic) bond motifs is 12. The molecule has 0 aromatic heterocycles. The van der Waals surface area contributed by atoms with Crippen molar-refractivity contribution in [1.82, 2.24) is 0 Å². The van der Waals surface area contributed by atoms with E-state index >= 15 is 8.78 Å². The minimum absolute atomic E-state index is 0.0187. The maximum absolute atomic E-state index is 15.3. The lowest BCUT2D eigenvalue weighted by molar-refractivity contribution is -0.135. The Hall–Kier alpha value is -3.93. The maximum atomic E-state index is 15.3. The second-order valence-corrected chi connectivity index (χ2v) is 22.9. The van der Waals surface area contributed by atoms with Crippen LogP contribution in [0.15, 0.2) is 36.4 Å². The molecule has 0 unspecified atom stereocenters. The fraction of sp³-hybridized carbons (Fsp3) is 0.655. The van der Waals surface area contributed by atoms with Crippen LogP contribution in [0.4, 0.5) is 13.2 Å². The summed E-state index contributed by atoms with van der Waals surface area (Å²) >= 11 is 0. The van der Waals surface area contributed by atoms with Crippen LogP contribution < -0.4 is 26.7 Å². The molecule has 0 spiro atoms. The van der Waals surface area contributed by atoms with Gasteiger partial charge in [-0.3, -0.25) is 9.59 Å². The average molecular weight is 956 g/mol. The molecule has 0 heterocycles. The zero-order valence-corrected chi connectivity index (χ0v) is 41.8. The summed E-state index contributed by atoms with van der Waals surface area (Å²) in [6, 6.07) is 9.45. The van der Waals surface area contributed by atoms with Gasteiger partial charge in [0.15, 0.2) is 0 Å². The summed E-state index contributed by atoms with van der Waals surface area (Å²) in [5.41, 5.74) is 24.2. The number of phenolic OH excluding ortho intramolecular Hbond substituents is 1. The van der Waals surface area contributed by atoms with E-state index in [1.165, 1.54) is 43.9 Å². The zero-order chi connectivity index (χ0) is 49.1. The second kappa shape index (κ2) is 21.8. The Morgan fingerprint density at radius 2 is 0.841 bits per heavy atom. The molecule has 69 heavy (non-hydrogen) atoms. The quantitative estimate of drug-likeness (QED) is 0.0843. The van der Waals surface area contributed by atoms with Crippen molar-refractivity contribution >= 4 is 11.9 Å². The monoisotopic (exact) mass is 956 g/mol. The second-order valence-electron chi connectivity index (χ2n) is 22.9. The van der Waals surface area contributed by atoms with E-state index in [0.29, 0.717) is 31.6 Å². The van der Waals surface area contributed by atoms with Crippen molar-refractivity contribution in [2.24, 2.45) is 35.0 Å². The number of carbonyl (C=O) groups excluding carboxylic acids is 2. The molecule has 11 heteroatoms. The molecular formula is C58H80F3N3O5. The number of benzene rings is 3. The standard InChI is InChI=1S/C42H58F2N2O4.C16H22FNO/c1-41-19-13-7-9-15-27(39(41)45)21-31-33(41)23-29(25-35(31)43)49-37(47)17-11-5-3-4-6-12-18-38(48)50-30-24-34-32(36(44)26-30)22-28-16-10-8-14-20-42(34,2)40(28)46;1-16-6-4-2-3-5-10(15(16)18)7-12-13(16)8-11(19)9-14(12)17/h23-28,39-40H,3-22,45-46H2,1-2H3;8-10,15,19H,2-7,18H2,1H3/t27-,28-,39-,40-,41+,42+;10-,15-,16+/m00/s1. The molecular weight excluding hydrogens is 876 g/mol. The molecule has 6 aliphatic rings. The molecule has 6 bridgehead atoms. The molecule has 3 saturated carbocycles. The van der Waals surface area contributed by atoms with Crippen LogP contribution in [0.1, 0.15) is 202 Å². The average Bonchev–Trinajstić information content (AvgIpc) is 3.30. The van der Waals surface area contributed by atoms with Crippen molar-refractivity contribution in [3.63, 3.8) is 0 Å². The van der Waals surface area contributed by atoms with Crippen LogP contribution in [-0.4, -0.2) is 35.2 Å². The van der Waals surface area contributed by atoms with Gasteiger partial charge in [-0.15, -0.1) is 0 Å². The Morgan fingerprint density at radius 1 is 0.507 bits per heavy atom. The lowest BCUT2D eigenvalue weighted by Crippen LogP contribution is -2.53. The summed E-state index contributed by atoms with van der Waals surface area (Å²) in [7, 11) is 0. The Labute approximate surface area is 409 Å². The molecule has 3 aromatic carbocycles. The molecule has 0 radical (unpaired) electrons. The van der Waals surface area contributed by atoms with Crippen molar-refractivity contribution in [2.75, 3.05) is 0 Å². The minimum Gasteiger partial charge on any atom is -0.508 e. The highest BCUT2D eigenvalue weighted by atomic mass is 19.1. The minimum atomic E-state index is -0.350. The molecule has 3 aromatic rings. The van der Waals surface area contributed by atoms with E-state index in [1.54, 1.807) is 6.07 Å². The normalized spacial score (nSPS) is 30.4. The highest BCUT2D eigenvalue weighted by Crippen LogP contribution is 2.50. The van der Waals surface area contributed by atoms with E-state index < -0.39 is 0 Å². The van der Waals surface area contributed by atoms with Crippen LogP contribution in [0.3, 0.4) is 0 Å². The molecule has 0 saturated heterocycles. The first-order valence-electron chi connectivity index (χ1n) is 26.9. The topological polar surface area (TPSA) is 151 Å². The fourth-order valence-corrected chi connectivity index (χ4v) is 14.0. The van der Waals surface area contributed by atoms with E-state index in [1.807, 2.05) is 12.1 Å². The summed E-state index contributed by atoms with van der Waals surface area (Å²) in [5.74, 6) is -0.0386. The van der Waals surface area contributed by atoms with Crippen molar-refractivity contribution in [1.29, 1.82) is 0 Å². The zero-order valence-electron chi connectivity index (χ0n) is 41.8. The van der Waals surface area contributed by atoms with Crippen LogP contribution in [0.25, 0.3) is 0 Å². The number of phenols is 1. The largest absolute Gasteiger partial charge is 0.508 e. The summed E-state index contributed by atoms with van der Waals surface area (Å²) in [6.45, 7) is 6.45. The Balaban J connectivity index is 0.000000280. The summed E-state index contributed by atoms with van der Waals surface area (Å²) in [5, 5.41) is 9.71. The molecule has 378 valence electrons. The lowest BCUT2D eigenvalue weighted by Gasteiger charge is -2.47. The predicted octanol–water partition coefficient (Wildman–Crippen LogP) is 12.3. The molecule has 9 atom stereocenters. The van der Waals surface area contributed by atoms with Crippen LogP contribution in [0.2, 0.25) is 0 Å². The number of unbranched alkanes of at least 4 members (excludes halogenated alkanes) is 5. The van der Waals surface area contributed by atoms with Crippen molar-refractivity contribution in [3.05, 3.63) is 87.2 Å². The summed E-state index contributed by atoms with van der Waals surface area (Å²) in [4.78, 5) is 25.4. The molecule has 7 N–H and O–H groups in total. The van der Waals surface area contributed by atoms with Crippen LogP contribution >= 0.6 is 0 Å². The van der Waals surface area contributed by atoms with Gasteiger partial charge >= 0.3 is 11.9 Å². The molecule has 3 fully saturated rings. The molecule has 9 rings (SSSR count). The first-order chi connectivity index (χ1) is 33.0. The first-order valence-corrected chi connectivity index (χ1v) is 26.9. The number of hydrogen-bond acceptors (Lipinski definition) is 8. The van der Waals surface area contributed by atoms with Crippen LogP contribution in [-0.2, 0) is 45.1 Å². The van der Waals surface area contributed by atoms with Crippen molar-refractivity contribution in [2.45, 2.75) is 222 Å². The van der Waals surface area contributed by atoms with Gasteiger partial charge in [-0.25, -0.2) is 13.2 Å². The highest BCUT2D eigenvalue weighted by Gasteiger charge is 2.48. The number of rotatable bonds is 11. The fourth-order valence-electron chi connectivity index (χ4n) is 14.0. The maximum Gasteiger partial charge on any atom is 0.311 e. The van der Waals surface area contributed by atoms with Gasteiger partial charge in [0, 0.05) is 65.4 Å². The third-order valence-corrected chi connectivity index (χ3v) is 18.3. The predicted molar refractivity (Wildman–Crippen MR) is 266 cm³/mol. The number of ether oxygens (including phenoxy) is 2. The van der Waals surface area contributed by atoms with Gasteiger partial charge in [0.1, 0.15) is 34.7 Å². The van der Waals surface area contributed by atoms with Gasteiger partial charge in [0.25, 0.3) is 0 Å². The number of esters is 2. The van der Waals surface area contributed by atoms with E-state index in [0.717, 1.165) is 136 Å². The molecule has 6 aliphatic carbocycles. The molecule has 0 aliphatic heterocycles. The number of nitrogens with two attached hydrogens (primary N) is 3. The molecule has 0 amide bonds. The lowest BCUT2D eigenvalue weighted by atomic mass is 9.60. The van der Waals surface area contributed by atoms with Crippen molar-refractivity contribution < 1.29 is 37.3 Å². The van der Waals surface area contributed by atoms with Gasteiger partial charge in [-0.2, -0.15) is 0 Å². The third-order valence-electron chi connectivity index (χ3n) is 18.3. The first kappa shape index (κ1) is 51.4. The number of halogens is 3. The van der Waals surface area contributed by atoms with Gasteiger partial charge in [0.05, 0.1) is 0 Å². The smallest absolute Gasteiger partial charge is 0.311 e. The van der Waals surface area contributed by atoms with E-state index in [2.05, 4.69) is 20.8 Å². The van der Waals surface area contributed by atoms with E-state index in [4.69, 9.17) is 26.7 Å². The summed E-state index contributed by atoms with van der Waals surface area (Å²) in [6.07, 6.45) is 23.8. The van der Waals surface area contributed by atoms with E-state index in [-0.39, 0.29) is 106 Å². The van der Waals surface area contributed by atoms with E-state index in [9.17, 15) is 19.1 Å². The van der Waals surface area contributed by atoms with Crippen LogP contribution in [0.5, 0.6) is 17.2 Å². The van der Waals surface area contributed by atoms with Gasteiger partial charge in [-0.1, -0.05) is 104 Å². The Bertz CT molecular complexity index is 2210. The number of aromatic hydroxyl groups is 1.